The fraction of sp³-hybridized carbons (Fsp3) is 0.429. The summed E-state index contributed by atoms with van der Waals surface area (Å²) in [6.07, 6.45) is 0.571. The number of carboxylic acid groups (broad SMARTS) is 1. The Morgan fingerprint density at radius 1 is 1.57 bits per heavy atom. The lowest BCUT2D eigenvalue weighted by molar-refractivity contribution is -0.143. The summed E-state index contributed by atoms with van der Waals surface area (Å²) in [5.74, 6) is -1.62. The van der Waals surface area contributed by atoms with E-state index in [4.69, 9.17) is 16.7 Å². The zero-order valence-electron chi connectivity index (χ0n) is 11.6. The molecule has 0 aliphatic carbocycles. The third-order valence-corrected chi connectivity index (χ3v) is 3.91. The Bertz CT molecular complexity index is 567. The van der Waals surface area contributed by atoms with Crippen molar-refractivity contribution in [3.8, 4) is 0 Å². The van der Waals surface area contributed by atoms with Gasteiger partial charge in [0.25, 0.3) is 0 Å². The van der Waals surface area contributed by atoms with Gasteiger partial charge in [-0.2, -0.15) is 0 Å². The molecule has 1 fully saturated rings. The van der Waals surface area contributed by atoms with Gasteiger partial charge in [0.05, 0.1) is 6.04 Å². The molecule has 1 saturated heterocycles. The molecule has 0 saturated carbocycles. The first-order valence-electron chi connectivity index (χ1n) is 6.53. The van der Waals surface area contributed by atoms with E-state index in [2.05, 4.69) is 0 Å². The Balaban J connectivity index is 2.02. The van der Waals surface area contributed by atoms with E-state index in [0.29, 0.717) is 24.5 Å². The highest BCUT2D eigenvalue weighted by atomic mass is 35.5. The fourth-order valence-electron chi connectivity index (χ4n) is 2.48. The van der Waals surface area contributed by atoms with Gasteiger partial charge >= 0.3 is 5.97 Å². The Morgan fingerprint density at radius 3 is 2.90 bits per heavy atom. The van der Waals surface area contributed by atoms with Gasteiger partial charge in [0, 0.05) is 18.1 Å². The molecule has 1 aliphatic rings. The van der Waals surface area contributed by atoms with Gasteiger partial charge < -0.3 is 10.0 Å². The number of carboxylic acids is 1. The molecule has 1 atom stereocenters. The fourth-order valence-corrected chi connectivity index (χ4v) is 2.71. The molecule has 1 aromatic rings. The zero-order valence-corrected chi connectivity index (χ0v) is 12.3. The molecule has 1 amide bonds. The van der Waals surface area contributed by atoms with Crippen LogP contribution >= 0.6 is 11.6 Å². The number of likely N-dealkylation sites (tertiary alicyclic amines) is 1. The van der Waals surface area contributed by atoms with Crippen LogP contribution in [-0.4, -0.2) is 53.0 Å². The van der Waals surface area contributed by atoms with Crippen molar-refractivity contribution in [3.05, 3.63) is 34.6 Å². The molecule has 1 N–H and O–H groups in total. The molecule has 0 aromatic heterocycles. The quantitative estimate of drug-likeness (QED) is 0.896. The van der Waals surface area contributed by atoms with Crippen molar-refractivity contribution >= 4 is 23.5 Å². The number of halogens is 2. The van der Waals surface area contributed by atoms with E-state index < -0.39 is 11.8 Å². The van der Waals surface area contributed by atoms with Crippen LogP contribution in [0.25, 0.3) is 0 Å². The van der Waals surface area contributed by atoms with Gasteiger partial charge in [0.2, 0.25) is 5.91 Å². The molecular weight excluding hydrogens is 299 g/mol. The molecule has 21 heavy (non-hydrogen) atoms. The predicted molar refractivity (Wildman–Crippen MR) is 75.5 cm³/mol. The van der Waals surface area contributed by atoms with Gasteiger partial charge in [0.1, 0.15) is 12.4 Å². The minimum absolute atomic E-state index is 0.196. The zero-order chi connectivity index (χ0) is 15.6. The molecule has 0 spiro atoms. The minimum atomic E-state index is -1.02. The van der Waals surface area contributed by atoms with Gasteiger partial charge in [0.15, 0.2) is 0 Å². The number of carbonyl (C=O) groups is 2. The van der Waals surface area contributed by atoms with Crippen molar-refractivity contribution in [2.24, 2.45) is 0 Å². The SMILES string of the molecule is CN(Cc1ccc(F)cc1Cl)C1CCN(CC(=O)O)C1=O. The van der Waals surface area contributed by atoms with Crippen molar-refractivity contribution in [1.29, 1.82) is 0 Å². The van der Waals surface area contributed by atoms with E-state index in [1.165, 1.54) is 17.0 Å². The van der Waals surface area contributed by atoms with Gasteiger partial charge in [-0.15, -0.1) is 0 Å². The van der Waals surface area contributed by atoms with Crippen LogP contribution in [0.15, 0.2) is 18.2 Å². The van der Waals surface area contributed by atoms with Gasteiger partial charge in [-0.3, -0.25) is 14.5 Å². The van der Waals surface area contributed by atoms with E-state index in [9.17, 15) is 14.0 Å². The summed E-state index contributed by atoms with van der Waals surface area (Å²) < 4.78 is 13.0. The summed E-state index contributed by atoms with van der Waals surface area (Å²) in [7, 11) is 1.77. The van der Waals surface area contributed by atoms with Crippen molar-refractivity contribution < 1.29 is 19.1 Å². The van der Waals surface area contributed by atoms with E-state index in [1.54, 1.807) is 13.1 Å². The third kappa shape index (κ3) is 3.71. The molecule has 7 heteroatoms. The van der Waals surface area contributed by atoms with E-state index >= 15 is 0 Å². The summed E-state index contributed by atoms with van der Waals surface area (Å²) in [6.45, 7) is 0.550. The van der Waals surface area contributed by atoms with Crippen LogP contribution in [0, 0.1) is 5.82 Å². The van der Waals surface area contributed by atoms with Gasteiger partial charge in [-0.05, 0) is 31.2 Å². The number of hydrogen-bond acceptors (Lipinski definition) is 3. The smallest absolute Gasteiger partial charge is 0.323 e. The highest BCUT2D eigenvalue weighted by Gasteiger charge is 2.35. The van der Waals surface area contributed by atoms with Crippen LogP contribution in [0.5, 0.6) is 0 Å². The second kappa shape index (κ2) is 6.41. The van der Waals surface area contributed by atoms with Crippen molar-refractivity contribution in [1.82, 2.24) is 9.80 Å². The van der Waals surface area contributed by atoms with Gasteiger partial charge in [-0.25, -0.2) is 4.39 Å². The molecule has 114 valence electrons. The standard InChI is InChI=1S/C14H16ClFN2O3/c1-17(7-9-2-3-10(16)6-11(9)15)12-4-5-18(14(12)21)8-13(19)20/h2-3,6,12H,4-5,7-8H2,1H3,(H,19,20). The topological polar surface area (TPSA) is 60.9 Å². The number of rotatable bonds is 5. The number of carbonyl (C=O) groups excluding carboxylic acids is 1. The number of likely N-dealkylation sites (N-methyl/N-ethyl adjacent to an activating group) is 1. The van der Waals surface area contributed by atoms with Crippen molar-refractivity contribution in [2.75, 3.05) is 20.1 Å². The Morgan fingerprint density at radius 2 is 2.29 bits per heavy atom. The lowest BCUT2D eigenvalue weighted by Crippen LogP contribution is -2.40. The number of hydrogen-bond donors (Lipinski definition) is 1. The molecular formula is C14H16ClFN2O3. The first kappa shape index (κ1) is 15.7. The highest BCUT2D eigenvalue weighted by molar-refractivity contribution is 6.31. The highest BCUT2D eigenvalue weighted by Crippen LogP contribution is 2.22. The Kier molecular flexibility index (Phi) is 4.80. The molecule has 0 bridgehead atoms. The summed E-state index contributed by atoms with van der Waals surface area (Å²) in [4.78, 5) is 26.0. The van der Waals surface area contributed by atoms with Crippen LogP contribution < -0.4 is 0 Å². The number of amides is 1. The summed E-state index contributed by atoms with van der Waals surface area (Å²) in [6, 6.07) is 3.77. The second-order valence-electron chi connectivity index (χ2n) is 5.11. The summed E-state index contributed by atoms with van der Waals surface area (Å²) >= 11 is 5.97. The summed E-state index contributed by atoms with van der Waals surface area (Å²) in [5.41, 5.74) is 0.727. The maximum Gasteiger partial charge on any atom is 0.323 e. The first-order chi connectivity index (χ1) is 9.88. The predicted octanol–water partition coefficient (Wildman–Crippen LogP) is 1.60. The largest absolute Gasteiger partial charge is 0.480 e. The maximum atomic E-state index is 13.0. The maximum absolute atomic E-state index is 13.0. The van der Waals surface area contributed by atoms with Crippen LogP contribution in [-0.2, 0) is 16.1 Å². The van der Waals surface area contributed by atoms with E-state index in [-0.39, 0.29) is 18.5 Å². The Labute approximate surface area is 126 Å². The van der Waals surface area contributed by atoms with Crippen LogP contribution in [0.4, 0.5) is 4.39 Å². The molecule has 0 radical (unpaired) electrons. The average molecular weight is 315 g/mol. The number of benzene rings is 1. The molecule has 1 unspecified atom stereocenters. The van der Waals surface area contributed by atoms with Crippen LogP contribution in [0.1, 0.15) is 12.0 Å². The van der Waals surface area contributed by atoms with Crippen LogP contribution in [0.3, 0.4) is 0 Å². The Hall–Kier alpha value is -1.66. The normalized spacial score (nSPS) is 18.6. The average Bonchev–Trinajstić information content (AvgIpc) is 2.74. The number of nitrogens with zero attached hydrogens (tertiary/aromatic N) is 2. The molecule has 1 heterocycles. The third-order valence-electron chi connectivity index (χ3n) is 3.56. The first-order valence-corrected chi connectivity index (χ1v) is 6.91. The number of aliphatic carboxylic acids is 1. The van der Waals surface area contributed by atoms with Gasteiger partial charge in [-0.1, -0.05) is 17.7 Å². The minimum Gasteiger partial charge on any atom is -0.480 e. The van der Waals surface area contributed by atoms with E-state index in [1.807, 2.05) is 4.90 Å². The molecule has 5 nitrogen and oxygen atoms in total. The molecule has 2 rings (SSSR count). The summed E-state index contributed by atoms with van der Waals surface area (Å²) in [5, 5.41) is 9.07. The van der Waals surface area contributed by atoms with E-state index in [0.717, 1.165) is 5.56 Å². The van der Waals surface area contributed by atoms with Crippen molar-refractivity contribution in [2.45, 2.75) is 19.0 Å². The second-order valence-corrected chi connectivity index (χ2v) is 5.52. The lowest BCUT2D eigenvalue weighted by Gasteiger charge is -2.23. The molecule has 1 aromatic carbocycles. The van der Waals surface area contributed by atoms with Crippen LogP contribution in [0.2, 0.25) is 5.02 Å². The van der Waals surface area contributed by atoms with Crippen molar-refractivity contribution in [3.63, 3.8) is 0 Å². The lowest BCUT2D eigenvalue weighted by atomic mass is 10.1. The monoisotopic (exact) mass is 314 g/mol. The molecule has 1 aliphatic heterocycles.